The molecule has 1 aliphatic carbocycles. The molecule has 0 heterocycles. The van der Waals surface area contributed by atoms with Crippen molar-refractivity contribution in [1.82, 2.24) is 10.2 Å². The summed E-state index contributed by atoms with van der Waals surface area (Å²) < 4.78 is 13.7. The second-order valence-electron chi connectivity index (χ2n) is 8.63. The number of halogens is 1. The van der Waals surface area contributed by atoms with Crippen LogP contribution >= 0.6 is 0 Å². The Morgan fingerprint density at radius 3 is 2.48 bits per heavy atom. The predicted molar refractivity (Wildman–Crippen MR) is 122 cm³/mol. The van der Waals surface area contributed by atoms with E-state index in [0.717, 1.165) is 24.1 Å². The van der Waals surface area contributed by atoms with Gasteiger partial charge in [-0.25, -0.2) is 9.18 Å². The minimum atomic E-state index is -0.423. The van der Waals surface area contributed by atoms with Crippen molar-refractivity contribution in [3.05, 3.63) is 59.4 Å². The Morgan fingerprint density at radius 2 is 1.87 bits per heavy atom. The number of nitrogens with one attached hydrogen (secondary N) is 2. The second kappa shape index (κ2) is 9.81. The lowest BCUT2D eigenvalue weighted by Crippen LogP contribution is -2.34. The molecule has 2 aromatic carbocycles. The summed E-state index contributed by atoms with van der Waals surface area (Å²) in [6.07, 6.45) is 2.20. The molecule has 0 aromatic heterocycles. The van der Waals surface area contributed by atoms with Crippen LogP contribution in [-0.2, 0) is 6.54 Å². The minimum Gasteiger partial charge on any atom is -0.377 e. The molecular formula is C24H31FN4O2. The number of benzene rings is 2. The number of hydrogen-bond donors (Lipinski definition) is 2. The molecule has 0 bridgehead atoms. The summed E-state index contributed by atoms with van der Waals surface area (Å²) >= 11 is 0. The fourth-order valence-electron chi connectivity index (χ4n) is 3.50. The van der Waals surface area contributed by atoms with Gasteiger partial charge < -0.3 is 20.4 Å². The van der Waals surface area contributed by atoms with Crippen molar-refractivity contribution in [1.29, 1.82) is 0 Å². The van der Waals surface area contributed by atoms with Gasteiger partial charge in [0, 0.05) is 50.2 Å². The molecule has 2 aromatic rings. The molecule has 31 heavy (non-hydrogen) atoms. The lowest BCUT2D eigenvalue weighted by atomic mass is 10.1. The van der Waals surface area contributed by atoms with E-state index in [1.54, 1.807) is 17.0 Å². The number of anilines is 2. The summed E-state index contributed by atoms with van der Waals surface area (Å²) in [6.45, 7) is 4.80. The molecule has 6 nitrogen and oxygen atoms in total. The average molecular weight is 427 g/mol. The van der Waals surface area contributed by atoms with Crippen molar-refractivity contribution in [2.75, 3.05) is 30.9 Å². The molecule has 3 amide bonds. The first-order valence-corrected chi connectivity index (χ1v) is 10.7. The number of amides is 3. The van der Waals surface area contributed by atoms with Crippen LogP contribution in [0.15, 0.2) is 42.5 Å². The number of urea groups is 1. The highest BCUT2D eigenvalue weighted by Crippen LogP contribution is 2.32. The van der Waals surface area contributed by atoms with E-state index in [9.17, 15) is 14.0 Å². The highest BCUT2D eigenvalue weighted by Gasteiger charge is 2.28. The first kappa shape index (κ1) is 22.6. The van der Waals surface area contributed by atoms with Gasteiger partial charge in [0.25, 0.3) is 5.91 Å². The van der Waals surface area contributed by atoms with E-state index in [-0.39, 0.29) is 18.0 Å². The third-order valence-corrected chi connectivity index (χ3v) is 5.13. The molecule has 166 valence electrons. The van der Waals surface area contributed by atoms with Gasteiger partial charge >= 0.3 is 6.03 Å². The number of carbonyl (C=O) groups is 2. The van der Waals surface area contributed by atoms with Crippen LogP contribution in [0.2, 0.25) is 0 Å². The Labute approximate surface area is 183 Å². The largest absolute Gasteiger partial charge is 0.377 e. The first-order chi connectivity index (χ1) is 14.7. The third-order valence-electron chi connectivity index (χ3n) is 5.13. The number of carbonyl (C=O) groups excluding carboxylic acids is 2. The molecular weight excluding hydrogens is 395 g/mol. The molecule has 7 heteroatoms. The standard InChI is InChI=1S/C24H31FN4O2/c1-16(2)26-24(31)27-21-10-11-22(28(3)4)19(13-21)15-29(14-17-8-9-17)23(30)18-6-5-7-20(25)12-18/h5-7,10-13,16-17H,8-9,14-15H2,1-4H3,(H2,26,27,31). The molecule has 0 aliphatic heterocycles. The number of nitrogens with zero attached hydrogens (tertiary/aromatic N) is 2. The van der Waals surface area contributed by atoms with E-state index in [1.165, 1.54) is 12.1 Å². The highest BCUT2D eigenvalue weighted by atomic mass is 19.1. The normalized spacial score (nSPS) is 13.1. The van der Waals surface area contributed by atoms with Crippen LogP contribution in [0.3, 0.4) is 0 Å². The smallest absolute Gasteiger partial charge is 0.319 e. The van der Waals surface area contributed by atoms with E-state index in [4.69, 9.17) is 0 Å². The first-order valence-electron chi connectivity index (χ1n) is 10.7. The van der Waals surface area contributed by atoms with Gasteiger partial charge in [-0.3, -0.25) is 4.79 Å². The average Bonchev–Trinajstić information content (AvgIpc) is 3.50. The second-order valence-corrected chi connectivity index (χ2v) is 8.63. The van der Waals surface area contributed by atoms with Gasteiger partial charge in [-0.15, -0.1) is 0 Å². The molecule has 0 saturated heterocycles. The highest BCUT2D eigenvalue weighted by molar-refractivity contribution is 5.94. The summed E-state index contributed by atoms with van der Waals surface area (Å²) in [5, 5.41) is 5.66. The zero-order chi connectivity index (χ0) is 22.5. The van der Waals surface area contributed by atoms with Gasteiger partial charge in [0.1, 0.15) is 5.82 Å². The van der Waals surface area contributed by atoms with Crippen molar-refractivity contribution in [3.8, 4) is 0 Å². The minimum absolute atomic E-state index is 0.0263. The Hall–Kier alpha value is -3.09. The zero-order valence-electron chi connectivity index (χ0n) is 18.6. The molecule has 1 fully saturated rings. The van der Waals surface area contributed by atoms with Crippen LogP contribution in [0, 0.1) is 11.7 Å². The Bertz CT molecular complexity index is 941. The third kappa shape index (κ3) is 6.44. The molecule has 0 unspecified atom stereocenters. The van der Waals surface area contributed by atoms with Crippen molar-refractivity contribution in [3.63, 3.8) is 0 Å². The Kier molecular flexibility index (Phi) is 7.15. The summed E-state index contributed by atoms with van der Waals surface area (Å²) in [7, 11) is 3.88. The van der Waals surface area contributed by atoms with Gasteiger partial charge in [0.2, 0.25) is 0 Å². The van der Waals surface area contributed by atoms with Gasteiger partial charge in [-0.05, 0) is 74.6 Å². The summed E-state index contributed by atoms with van der Waals surface area (Å²) in [5.74, 6) is -0.126. The predicted octanol–water partition coefficient (Wildman–Crippen LogP) is 4.47. The fourth-order valence-corrected chi connectivity index (χ4v) is 3.50. The van der Waals surface area contributed by atoms with Gasteiger partial charge in [-0.2, -0.15) is 0 Å². The van der Waals surface area contributed by atoms with Gasteiger partial charge in [0.05, 0.1) is 0 Å². The Balaban J connectivity index is 1.87. The maximum Gasteiger partial charge on any atom is 0.319 e. The van der Waals surface area contributed by atoms with Crippen LogP contribution in [0.4, 0.5) is 20.6 Å². The number of hydrogen-bond acceptors (Lipinski definition) is 3. The summed E-state index contributed by atoms with van der Waals surface area (Å²) in [5.41, 5.74) is 2.88. The maximum absolute atomic E-state index is 13.7. The van der Waals surface area contributed by atoms with Crippen LogP contribution in [0.25, 0.3) is 0 Å². The van der Waals surface area contributed by atoms with Crippen LogP contribution < -0.4 is 15.5 Å². The topological polar surface area (TPSA) is 64.7 Å². The fraction of sp³-hybridized carbons (Fsp3) is 0.417. The number of rotatable bonds is 8. The Morgan fingerprint density at radius 1 is 1.13 bits per heavy atom. The van der Waals surface area contributed by atoms with Crippen molar-refractivity contribution in [2.24, 2.45) is 5.92 Å². The molecule has 0 atom stereocenters. The molecule has 2 N–H and O–H groups in total. The van der Waals surface area contributed by atoms with Crippen LogP contribution in [0.1, 0.15) is 42.6 Å². The molecule has 0 spiro atoms. The summed E-state index contributed by atoms with van der Waals surface area (Å²) in [6, 6.07) is 11.2. The van der Waals surface area contributed by atoms with Gasteiger partial charge in [-0.1, -0.05) is 6.07 Å². The molecule has 3 rings (SSSR count). The zero-order valence-corrected chi connectivity index (χ0v) is 18.6. The van der Waals surface area contributed by atoms with Crippen molar-refractivity contribution in [2.45, 2.75) is 39.3 Å². The lowest BCUT2D eigenvalue weighted by molar-refractivity contribution is 0.0734. The van der Waals surface area contributed by atoms with Crippen LogP contribution in [-0.4, -0.2) is 43.5 Å². The van der Waals surface area contributed by atoms with Crippen molar-refractivity contribution < 1.29 is 14.0 Å². The quantitative estimate of drug-likeness (QED) is 0.654. The van der Waals surface area contributed by atoms with Gasteiger partial charge in [0.15, 0.2) is 0 Å². The molecule has 1 aliphatic rings. The SMILES string of the molecule is CC(C)NC(=O)Nc1ccc(N(C)C)c(CN(CC2CC2)C(=O)c2cccc(F)c2)c1. The lowest BCUT2D eigenvalue weighted by Gasteiger charge is -2.26. The maximum atomic E-state index is 13.7. The van der Waals surface area contributed by atoms with E-state index < -0.39 is 5.82 Å². The molecule has 0 radical (unpaired) electrons. The summed E-state index contributed by atoms with van der Waals surface area (Å²) in [4.78, 5) is 29.1. The van der Waals surface area contributed by atoms with E-state index in [1.807, 2.05) is 51.0 Å². The molecule has 1 saturated carbocycles. The van der Waals surface area contributed by atoms with E-state index in [0.29, 0.717) is 30.3 Å². The van der Waals surface area contributed by atoms with Crippen molar-refractivity contribution >= 4 is 23.3 Å². The van der Waals surface area contributed by atoms with E-state index >= 15 is 0 Å². The van der Waals surface area contributed by atoms with E-state index in [2.05, 4.69) is 10.6 Å². The monoisotopic (exact) mass is 426 g/mol. The van der Waals surface area contributed by atoms with Crippen LogP contribution in [0.5, 0.6) is 0 Å².